The van der Waals surface area contributed by atoms with Crippen LogP contribution in [0.1, 0.15) is 43.7 Å². The highest BCUT2D eigenvalue weighted by atomic mass is 16.3. The van der Waals surface area contributed by atoms with Gasteiger partial charge in [0.25, 0.3) is 0 Å². The summed E-state index contributed by atoms with van der Waals surface area (Å²) in [5.74, 6) is 0.810. The molecule has 1 heteroatoms. The molecule has 0 saturated carbocycles. The Morgan fingerprint density at radius 1 is 1.15 bits per heavy atom. The number of hydrogen-bond acceptors (Lipinski definition) is 1. The molecule has 0 spiro atoms. The number of benzene rings is 1. The maximum absolute atomic E-state index is 9.02. The molecule has 0 aliphatic heterocycles. The smallest absolute Gasteiger partial charge is 0.0497 e. The SMILES string of the molecule is CC(C)c1cccc(C(C)CO)c1. The van der Waals surface area contributed by atoms with Crippen LogP contribution in [0.5, 0.6) is 0 Å². The second-order valence-electron chi connectivity index (χ2n) is 3.91. The Bertz CT molecular complexity index is 266. The number of aliphatic hydroxyl groups excluding tert-OH is 1. The van der Waals surface area contributed by atoms with Crippen molar-refractivity contribution in [1.82, 2.24) is 0 Å². The molecule has 0 amide bonds. The topological polar surface area (TPSA) is 20.2 Å². The molecule has 0 heterocycles. The largest absolute Gasteiger partial charge is 0.396 e. The maximum Gasteiger partial charge on any atom is 0.0497 e. The zero-order valence-electron chi connectivity index (χ0n) is 8.62. The molecule has 0 aliphatic carbocycles. The monoisotopic (exact) mass is 178 g/mol. The van der Waals surface area contributed by atoms with E-state index in [2.05, 4.69) is 38.1 Å². The van der Waals surface area contributed by atoms with E-state index in [1.807, 2.05) is 6.92 Å². The van der Waals surface area contributed by atoms with Crippen molar-refractivity contribution in [2.24, 2.45) is 0 Å². The van der Waals surface area contributed by atoms with E-state index in [0.717, 1.165) is 0 Å². The van der Waals surface area contributed by atoms with Crippen molar-refractivity contribution >= 4 is 0 Å². The molecular formula is C12H18O. The Kier molecular flexibility index (Phi) is 3.49. The van der Waals surface area contributed by atoms with E-state index in [9.17, 15) is 0 Å². The van der Waals surface area contributed by atoms with Crippen molar-refractivity contribution in [3.63, 3.8) is 0 Å². The van der Waals surface area contributed by atoms with Crippen LogP contribution >= 0.6 is 0 Å². The molecule has 72 valence electrons. The molecule has 1 nitrogen and oxygen atoms in total. The van der Waals surface area contributed by atoms with Gasteiger partial charge in [-0.3, -0.25) is 0 Å². The number of aliphatic hydroxyl groups is 1. The zero-order valence-corrected chi connectivity index (χ0v) is 8.62. The minimum absolute atomic E-state index is 0.224. The van der Waals surface area contributed by atoms with Gasteiger partial charge in [-0.1, -0.05) is 45.0 Å². The first kappa shape index (κ1) is 10.3. The average molecular weight is 178 g/mol. The summed E-state index contributed by atoms with van der Waals surface area (Å²) in [6.07, 6.45) is 0. The predicted octanol–water partition coefficient (Wildman–Crippen LogP) is 2.91. The summed E-state index contributed by atoms with van der Waals surface area (Å²) < 4.78 is 0. The molecule has 0 radical (unpaired) electrons. The van der Waals surface area contributed by atoms with Gasteiger partial charge in [0, 0.05) is 12.5 Å². The molecule has 1 unspecified atom stereocenters. The normalized spacial score (nSPS) is 13.3. The quantitative estimate of drug-likeness (QED) is 0.754. The second kappa shape index (κ2) is 4.43. The van der Waals surface area contributed by atoms with Gasteiger partial charge in [-0.15, -0.1) is 0 Å². The van der Waals surface area contributed by atoms with Gasteiger partial charge in [0.1, 0.15) is 0 Å². The molecule has 1 aromatic carbocycles. The van der Waals surface area contributed by atoms with Gasteiger partial charge in [-0.2, -0.15) is 0 Å². The van der Waals surface area contributed by atoms with Gasteiger partial charge < -0.3 is 5.11 Å². The highest BCUT2D eigenvalue weighted by Crippen LogP contribution is 2.20. The third-order valence-corrected chi connectivity index (χ3v) is 2.42. The van der Waals surface area contributed by atoms with Gasteiger partial charge in [-0.25, -0.2) is 0 Å². The number of hydrogen-bond donors (Lipinski definition) is 1. The fourth-order valence-corrected chi connectivity index (χ4v) is 1.33. The minimum Gasteiger partial charge on any atom is -0.396 e. The van der Waals surface area contributed by atoms with Crippen molar-refractivity contribution in [3.05, 3.63) is 35.4 Å². The van der Waals surface area contributed by atoms with E-state index in [0.29, 0.717) is 5.92 Å². The van der Waals surface area contributed by atoms with Crippen molar-refractivity contribution in [3.8, 4) is 0 Å². The molecule has 1 rings (SSSR count). The van der Waals surface area contributed by atoms with E-state index in [-0.39, 0.29) is 12.5 Å². The maximum atomic E-state index is 9.02. The molecule has 0 fully saturated rings. The first-order chi connectivity index (χ1) is 6.15. The highest BCUT2D eigenvalue weighted by molar-refractivity contribution is 5.27. The summed E-state index contributed by atoms with van der Waals surface area (Å²) >= 11 is 0. The Balaban J connectivity index is 2.91. The van der Waals surface area contributed by atoms with Crippen molar-refractivity contribution < 1.29 is 5.11 Å². The lowest BCUT2D eigenvalue weighted by Gasteiger charge is -2.11. The van der Waals surface area contributed by atoms with Gasteiger partial charge in [0.15, 0.2) is 0 Å². The fraction of sp³-hybridized carbons (Fsp3) is 0.500. The van der Waals surface area contributed by atoms with Crippen LogP contribution in [0.4, 0.5) is 0 Å². The van der Waals surface area contributed by atoms with Crippen LogP contribution in [-0.4, -0.2) is 11.7 Å². The van der Waals surface area contributed by atoms with Gasteiger partial charge in [-0.05, 0) is 17.0 Å². The van der Waals surface area contributed by atoms with Gasteiger partial charge in [0.2, 0.25) is 0 Å². The lowest BCUT2D eigenvalue weighted by Crippen LogP contribution is -1.99. The molecule has 1 aromatic rings. The van der Waals surface area contributed by atoms with Crippen molar-refractivity contribution in [1.29, 1.82) is 0 Å². The van der Waals surface area contributed by atoms with Crippen LogP contribution in [0, 0.1) is 0 Å². The lowest BCUT2D eigenvalue weighted by molar-refractivity contribution is 0.273. The Morgan fingerprint density at radius 3 is 2.31 bits per heavy atom. The van der Waals surface area contributed by atoms with Gasteiger partial charge >= 0.3 is 0 Å². The summed E-state index contributed by atoms with van der Waals surface area (Å²) in [5, 5.41) is 9.02. The molecule has 1 atom stereocenters. The Morgan fingerprint density at radius 2 is 1.77 bits per heavy atom. The van der Waals surface area contributed by atoms with E-state index in [1.54, 1.807) is 0 Å². The summed E-state index contributed by atoms with van der Waals surface area (Å²) in [6.45, 7) is 6.63. The molecule has 0 aliphatic rings. The third-order valence-electron chi connectivity index (χ3n) is 2.42. The summed E-state index contributed by atoms with van der Waals surface area (Å²) in [7, 11) is 0. The van der Waals surface area contributed by atoms with E-state index >= 15 is 0 Å². The third kappa shape index (κ3) is 2.56. The predicted molar refractivity (Wildman–Crippen MR) is 56.0 cm³/mol. The van der Waals surface area contributed by atoms with Crippen molar-refractivity contribution in [2.45, 2.75) is 32.6 Å². The lowest BCUT2D eigenvalue weighted by atomic mass is 9.95. The average Bonchev–Trinajstić information content (AvgIpc) is 2.17. The Labute approximate surface area is 80.4 Å². The highest BCUT2D eigenvalue weighted by Gasteiger charge is 2.05. The summed E-state index contributed by atoms with van der Waals surface area (Å²) in [4.78, 5) is 0. The van der Waals surface area contributed by atoms with Crippen LogP contribution < -0.4 is 0 Å². The summed E-state index contributed by atoms with van der Waals surface area (Å²) in [6, 6.07) is 8.47. The molecule has 1 N–H and O–H groups in total. The van der Waals surface area contributed by atoms with E-state index in [4.69, 9.17) is 5.11 Å². The Hall–Kier alpha value is -0.820. The van der Waals surface area contributed by atoms with Crippen LogP contribution in [-0.2, 0) is 0 Å². The molecule has 0 bridgehead atoms. The second-order valence-corrected chi connectivity index (χ2v) is 3.91. The van der Waals surface area contributed by atoms with Crippen LogP contribution in [0.2, 0.25) is 0 Å². The minimum atomic E-state index is 0.224. The van der Waals surface area contributed by atoms with Crippen LogP contribution in [0.15, 0.2) is 24.3 Å². The molecule has 13 heavy (non-hydrogen) atoms. The first-order valence-corrected chi connectivity index (χ1v) is 4.86. The molecule has 0 aromatic heterocycles. The van der Waals surface area contributed by atoms with Gasteiger partial charge in [0.05, 0.1) is 0 Å². The number of rotatable bonds is 3. The van der Waals surface area contributed by atoms with Crippen LogP contribution in [0.25, 0.3) is 0 Å². The van der Waals surface area contributed by atoms with E-state index in [1.165, 1.54) is 11.1 Å². The van der Waals surface area contributed by atoms with Crippen LogP contribution in [0.3, 0.4) is 0 Å². The fourth-order valence-electron chi connectivity index (χ4n) is 1.33. The zero-order chi connectivity index (χ0) is 9.84. The molecule has 0 saturated heterocycles. The molecular weight excluding hydrogens is 160 g/mol. The first-order valence-electron chi connectivity index (χ1n) is 4.86. The van der Waals surface area contributed by atoms with Crippen molar-refractivity contribution in [2.75, 3.05) is 6.61 Å². The summed E-state index contributed by atoms with van der Waals surface area (Å²) in [5.41, 5.74) is 2.58. The standard InChI is InChI=1S/C12H18O/c1-9(2)11-5-4-6-12(7-11)10(3)8-13/h4-7,9-10,13H,8H2,1-3H3. The van der Waals surface area contributed by atoms with E-state index < -0.39 is 0 Å².